The van der Waals surface area contributed by atoms with Crippen molar-refractivity contribution in [3.05, 3.63) is 64.1 Å². The number of hydrogen-bond acceptors (Lipinski definition) is 2. The second-order valence-corrected chi connectivity index (χ2v) is 5.83. The highest BCUT2D eigenvalue weighted by Crippen LogP contribution is 2.26. The Morgan fingerprint density at radius 2 is 1.90 bits per heavy atom. The number of para-hydroxylation sites is 1. The molecule has 2 rings (SSSR count). The first-order chi connectivity index (χ1) is 9.58. The minimum Gasteiger partial charge on any atom is -0.485 e. The Labute approximate surface area is 127 Å². The topological polar surface area (TPSA) is 26.3 Å². The number of hydrogen-bond donors (Lipinski definition) is 0. The van der Waals surface area contributed by atoms with Crippen LogP contribution in [0.15, 0.2) is 53.0 Å². The number of rotatable bonds is 5. The highest BCUT2D eigenvalue weighted by Gasteiger charge is 2.10. The molecule has 0 saturated heterocycles. The second-order valence-electron chi connectivity index (χ2n) is 4.91. The minimum atomic E-state index is -0.0233. The van der Waals surface area contributed by atoms with E-state index in [0.717, 1.165) is 15.8 Å². The molecule has 2 aromatic rings. The minimum absolute atomic E-state index is 0.0233. The van der Waals surface area contributed by atoms with Crippen molar-refractivity contribution in [2.75, 3.05) is 6.61 Å². The van der Waals surface area contributed by atoms with Crippen LogP contribution in [0.3, 0.4) is 0 Å². The number of ketones is 1. The van der Waals surface area contributed by atoms with Gasteiger partial charge in [0.15, 0.2) is 12.4 Å². The van der Waals surface area contributed by atoms with Gasteiger partial charge in [0, 0.05) is 10.0 Å². The molecule has 0 aliphatic heterocycles. The summed E-state index contributed by atoms with van der Waals surface area (Å²) in [7, 11) is 0. The fourth-order valence-corrected chi connectivity index (χ4v) is 2.38. The van der Waals surface area contributed by atoms with Gasteiger partial charge in [-0.3, -0.25) is 4.79 Å². The van der Waals surface area contributed by atoms with Crippen molar-refractivity contribution in [1.29, 1.82) is 0 Å². The molecule has 0 aliphatic rings. The van der Waals surface area contributed by atoms with E-state index in [1.54, 1.807) is 12.1 Å². The Morgan fingerprint density at radius 1 is 1.15 bits per heavy atom. The van der Waals surface area contributed by atoms with Crippen molar-refractivity contribution >= 4 is 21.7 Å². The molecule has 0 aromatic heterocycles. The molecule has 0 radical (unpaired) electrons. The van der Waals surface area contributed by atoms with Crippen LogP contribution in [0.2, 0.25) is 0 Å². The largest absolute Gasteiger partial charge is 0.485 e. The van der Waals surface area contributed by atoms with Gasteiger partial charge in [-0.2, -0.15) is 0 Å². The highest BCUT2D eigenvalue weighted by molar-refractivity contribution is 9.10. The van der Waals surface area contributed by atoms with Gasteiger partial charge in [0.05, 0.1) is 0 Å². The van der Waals surface area contributed by atoms with E-state index in [-0.39, 0.29) is 12.4 Å². The van der Waals surface area contributed by atoms with Crippen molar-refractivity contribution in [3.63, 3.8) is 0 Å². The van der Waals surface area contributed by atoms with Crippen LogP contribution in [-0.4, -0.2) is 12.4 Å². The first-order valence-electron chi connectivity index (χ1n) is 6.58. The molecule has 0 fully saturated rings. The Bertz CT molecular complexity index is 605. The summed E-state index contributed by atoms with van der Waals surface area (Å²) in [4.78, 5) is 12.1. The molecule has 104 valence electrons. The maximum Gasteiger partial charge on any atom is 0.200 e. The Morgan fingerprint density at radius 3 is 2.60 bits per heavy atom. The molecule has 0 unspecified atom stereocenters. The van der Waals surface area contributed by atoms with Crippen LogP contribution in [0.25, 0.3) is 0 Å². The summed E-state index contributed by atoms with van der Waals surface area (Å²) in [5.74, 6) is 1.13. The average molecular weight is 333 g/mol. The van der Waals surface area contributed by atoms with Gasteiger partial charge in [-0.1, -0.05) is 60.1 Å². The first-order valence-corrected chi connectivity index (χ1v) is 7.37. The molecule has 0 aliphatic carbocycles. The van der Waals surface area contributed by atoms with E-state index in [9.17, 15) is 4.79 Å². The predicted octanol–water partition coefficient (Wildman–Crippen LogP) is 4.83. The van der Waals surface area contributed by atoms with E-state index in [2.05, 4.69) is 29.8 Å². The summed E-state index contributed by atoms with van der Waals surface area (Å²) in [6.07, 6.45) is 0. The standard InChI is InChI=1S/C17H17BrO2/c1-12(2)15-8-3-4-9-17(15)20-11-16(19)13-6-5-7-14(18)10-13/h3-10,12H,11H2,1-2H3. The molecule has 20 heavy (non-hydrogen) atoms. The van der Waals surface area contributed by atoms with Crippen LogP contribution in [0.5, 0.6) is 5.75 Å². The fourth-order valence-electron chi connectivity index (χ4n) is 1.98. The molecule has 0 amide bonds. The van der Waals surface area contributed by atoms with Crippen molar-refractivity contribution < 1.29 is 9.53 Å². The third-order valence-electron chi connectivity index (χ3n) is 3.05. The number of Topliss-reactive ketones (excluding diaryl/α,β-unsaturated/α-hetero) is 1. The summed E-state index contributed by atoms with van der Waals surface area (Å²) in [6, 6.07) is 15.2. The van der Waals surface area contributed by atoms with Gasteiger partial charge in [-0.15, -0.1) is 0 Å². The second kappa shape index (κ2) is 6.71. The summed E-state index contributed by atoms with van der Waals surface area (Å²) < 4.78 is 6.58. The molecule has 2 nitrogen and oxygen atoms in total. The molecule has 0 atom stereocenters. The van der Waals surface area contributed by atoms with E-state index >= 15 is 0 Å². The summed E-state index contributed by atoms with van der Waals surface area (Å²) in [6.45, 7) is 4.27. The van der Waals surface area contributed by atoms with Gasteiger partial charge >= 0.3 is 0 Å². The lowest BCUT2D eigenvalue weighted by Gasteiger charge is -2.13. The number of halogens is 1. The maximum absolute atomic E-state index is 12.1. The lowest BCUT2D eigenvalue weighted by atomic mass is 10.0. The van der Waals surface area contributed by atoms with Crippen molar-refractivity contribution in [1.82, 2.24) is 0 Å². The Kier molecular flexibility index (Phi) is 4.96. The van der Waals surface area contributed by atoms with Crippen molar-refractivity contribution in [2.45, 2.75) is 19.8 Å². The van der Waals surface area contributed by atoms with Crippen molar-refractivity contribution in [3.8, 4) is 5.75 Å². The number of ether oxygens (including phenoxy) is 1. The molecule has 0 spiro atoms. The van der Waals surface area contributed by atoms with Gasteiger partial charge in [0.25, 0.3) is 0 Å². The van der Waals surface area contributed by atoms with Crippen LogP contribution in [0.4, 0.5) is 0 Å². The highest BCUT2D eigenvalue weighted by atomic mass is 79.9. The summed E-state index contributed by atoms with van der Waals surface area (Å²) in [5, 5.41) is 0. The number of benzene rings is 2. The quantitative estimate of drug-likeness (QED) is 0.732. The van der Waals surface area contributed by atoms with E-state index in [1.807, 2.05) is 36.4 Å². The smallest absolute Gasteiger partial charge is 0.200 e. The van der Waals surface area contributed by atoms with Crippen molar-refractivity contribution in [2.24, 2.45) is 0 Å². The maximum atomic E-state index is 12.1. The number of carbonyl (C=O) groups is 1. The average Bonchev–Trinajstić information content (AvgIpc) is 2.45. The van der Waals surface area contributed by atoms with Crippen LogP contribution in [0, 0.1) is 0 Å². The molecule has 0 heterocycles. The molecule has 3 heteroatoms. The monoisotopic (exact) mass is 332 g/mol. The van der Waals surface area contributed by atoms with Gasteiger partial charge in [0.2, 0.25) is 0 Å². The van der Waals surface area contributed by atoms with E-state index in [0.29, 0.717) is 11.5 Å². The van der Waals surface area contributed by atoms with Crippen LogP contribution >= 0.6 is 15.9 Å². The van der Waals surface area contributed by atoms with Crippen LogP contribution < -0.4 is 4.74 Å². The van der Waals surface area contributed by atoms with Crippen LogP contribution in [-0.2, 0) is 0 Å². The molecule has 0 saturated carbocycles. The van der Waals surface area contributed by atoms with Gasteiger partial charge in [-0.05, 0) is 29.7 Å². The third-order valence-corrected chi connectivity index (χ3v) is 3.54. The Balaban J connectivity index is 2.07. The van der Waals surface area contributed by atoms with E-state index in [4.69, 9.17) is 4.74 Å². The fraction of sp³-hybridized carbons (Fsp3) is 0.235. The molecule has 2 aromatic carbocycles. The SMILES string of the molecule is CC(C)c1ccccc1OCC(=O)c1cccc(Br)c1. The zero-order chi connectivity index (χ0) is 14.5. The van der Waals surface area contributed by atoms with Gasteiger partial charge in [-0.25, -0.2) is 0 Å². The normalized spacial score (nSPS) is 10.6. The first kappa shape index (κ1) is 14.8. The summed E-state index contributed by atoms with van der Waals surface area (Å²) >= 11 is 3.36. The predicted molar refractivity (Wildman–Crippen MR) is 84.5 cm³/mol. The summed E-state index contributed by atoms with van der Waals surface area (Å²) in [5.41, 5.74) is 1.77. The molecule has 0 bridgehead atoms. The third kappa shape index (κ3) is 3.70. The molecule has 0 N–H and O–H groups in total. The van der Waals surface area contributed by atoms with Crippen LogP contribution in [0.1, 0.15) is 35.7 Å². The lowest BCUT2D eigenvalue weighted by molar-refractivity contribution is 0.0920. The molecular formula is C17H17BrO2. The lowest BCUT2D eigenvalue weighted by Crippen LogP contribution is -2.12. The van der Waals surface area contributed by atoms with Gasteiger partial charge < -0.3 is 4.74 Å². The van der Waals surface area contributed by atoms with E-state index < -0.39 is 0 Å². The number of carbonyl (C=O) groups excluding carboxylic acids is 1. The zero-order valence-electron chi connectivity index (χ0n) is 11.6. The van der Waals surface area contributed by atoms with Gasteiger partial charge in [0.1, 0.15) is 5.75 Å². The van der Waals surface area contributed by atoms with E-state index in [1.165, 1.54) is 0 Å². The Hall–Kier alpha value is -1.61. The molecular weight excluding hydrogens is 316 g/mol. The zero-order valence-corrected chi connectivity index (χ0v) is 13.2.